The highest BCUT2D eigenvalue weighted by Crippen LogP contribution is 2.32. The van der Waals surface area contributed by atoms with Gasteiger partial charge in [-0.15, -0.1) is 24.0 Å². The molecule has 0 amide bonds. The topological polar surface area (TPSA) is 54.9 Å². The van der Waals surface area contributed by atoms with Crippen molar-refractivity contribution in [2.75, 3.05) is 37.9 Å². The minimum absolute atomic E-state index is 0. The third-order valence-corrected chi connectivity index (χ3v) is 4.22. The number of anilines is 1. The number of guanidine groups is 1. The van der Waals surface area contributed by atoms with E-state index in [2.05, 4.69) is 35.7 Å². The number of hydrogen-bond donors (Lipinski definition) is 2. The zero-order valence-corrected chi connectivity index (χ0v) is 17.1. The molecule has 130 valence electrons. The standard InChI is InChI=1S/C16H25N3O2S.HI/c1-4-17-16(18-11-12(2)22-3)19-13-6-7-14-15(10-13)21-9-5-8-20-14;/h6-7,10,12H,4-5,8-9,11H2,1-3H3,(H2,17,18,19);1H. The van der Waals surface area contributed by atoms with Crippen molar-refractivity contribution < 1.29 is 9.47 Å². The van der Waals surface area contributed by atoms with E-state index >= 15 is 0 Å². The van der Waals surface area contributed by atoms with Gasteiger partial charge in [0.25, 0.3) is 0 Å². The van der Waals surface area contributed by atoms with Crippen LogP contribution in [-0.4, -0.2) is 43.8 Å². The maximum Gasteiger partial charge on any atom is 0.195 e. The fourth-order valence-corrected chi connectivity index (χ4v) is 2.20. The molecule has 2 N–H and O–H groups in total. The average Bonchev–Trinajstić information content (AvgIpc) is 2.77. The van der Waals surface area contributed by atoms with Crippen LogP contribution in [0, 0.1) is 0 Å². The van der Waals surface area contributed by atoms with Gasteiger partial charge in [0.2, 0.25) is 0 Å². The van der Waals surface area contributed by atoms with Crippen molar-refractivity contribution in [3.63, 3.8) is 0 Å². The minimum atomic E-state index is 0. The quantitative estimate of drug-likeness (QED) is 0.407. The first-order chi connectivity index (χ1) is 10.7. The van der Waals surface area contributed by atoms with E-state index in [-0.39, 0.29) is 24.0 Å². The number of fused-ring (bicyclic) bond motifs is 1. The van der Waals surface area contributed by atoms with Crippen LogP contribution in [0.4, 0.5) is 5.69 Å². The second-order valence-electron chi connectivity index (χ2n) is 5.10. The van der Waals surface area contributed by atoms with Gasteiger partial charge in [-0.1, -0.05) is 6.92 Å². The maximum atomic E-state index is 5.72. The molecule has 0 bridgehead atoms. The zero-order chi connectivity index (χ0) is 15.8. The SMILES string of the molecule is CCNC(=NCC(C)SC)Nc1ccc2c(c1)OCCCO2.I. The summed E-state index contributed by atoms with van der Waals surface area (Å²) in [5.74, 6) is 2.38. The van der Waals surface area contributed by atoms with Gasteiger partial charge in [0.05, 0.1) is 19.8 Å². The molecule has 0 aromatic heterocycles. The maximum absolute atomic E-state index is 5.72. The molecule has 2 rings (SSSR count). The van der Waals surface area contributed by atoms with Crippen molar-refractivity contribution in [1.29, 1.82) is 0 Å². The van der Waals surface area contributed by atoms with Crippen LogP contribution >= 0.6 is 35.7 Å². The number of rotatable bonds is 5. The molecule has 5 nitrogen and oxygen atoms in total. The monoisotopic (exact) mass is 451 g/mol. The lowest BCUT2D eigenvalue weighted by molar-refractivity contribution is 0.297. The number of nitrogens with zero attached hydrogens (tertiary/aromatic N) is 1. The first kappa shape index (κ1) is 20.2. The van der Waals surface area contributed by atoms with E-state index in [0.717, 1.165) is 42.7 Å². The number of hydrogen-bond acceptors (Lipinski definition) is 4. The van der Waals surface area contributed by atoms with Crippen molar-refractivity contribution in [2.24, 2.45) is 4.99 Å². The smallest absolute Gasteiger partial charge is 0.195 e. The Kier molecular flexibility index (Phi) is 9.54. The lowest BCUT2D eigenvalue weighted by Gasteiger charge is -2.14. The van der Waals surface area contributed by atoms with Crippen LogP contribution < -0.4 is 20.1 Å². The van der Waals surface area contributed by atoms with Crippen LogP contribution in [0.15, 0.2) is 23.2 Å². The van der Waals surface area contributed by atoms with Crippen LogP contribution in [-0.2, 0) is 0 Å². The van der Waals surface area contributed by atoms with Gasteiger partial charge in [0, 0.05) is 30.0 Å². The van der Waals surface area contributed by atoms with Crippen LogP contribution in [0.5, 0.6) is 11.5 Å². The third-order valence-electron chi connectivity index (χ3n) is 3.26. The summed E-state index contributed by atoms with van der Waals surface area (Å²) in [4.78, 5) is 4.61. The molecule has 1 unspecified atom stereocenters. The Morgan fingerprint density at radius 3 is 2.74 bits per heavy atom. The van der Waals surface area contributed by atoms with Crippen LogP contribution in [0.3, 0.4) is 0 Å². The molecule has 0 saturated carbocycles. The van der Waals surface area contributed by atoms with Crippen molar-refractivity contribution in [3.8, 4) is 11.5 Å². The Bertz CT molecular complexity index is 514. The van der Waals surface area contributed by atoms with Gasteiger partial charge in [-0.2, -0.15) is 11.8 Å². The summed E-state index contributed by atoms with van der Waals surface area (Å²) >= 11 is 1.81. The Morgan fingerprint density at radius 1 is 1.30 bits per heavy atom. The Morgan fingerprint density at radius 2 is 2.04 bits per heavy atom. The second-order valence-corrected chi connectivity index (χ2v) is 6.38. The number of ether oxygens (including phenoxy) is 2. The van der Waals surface area contributed by atoms with Crippen LogP contribution in [0.2, 0.25) is 0 Å². The summed E-state index contributed by atoms with van der Waals surface area (Å²) in [6, 6.07) is 5.89. The molecule has 1 aliphatic heterocycles. The molecule has 0 saturated heterocycles. The summed E-state index contributed by atoms with van der Waals surface area (Å²) in [5, 5.41) is 7.08. The average molecular weight is 451 g/mol. The van der Waals surface area contributed by atoms with E-state index in [1.807, 2.05) is 30.0 Å². The molecule has 1 aliphatic rings. The molecule has 0 spiro atoms. The Balaban J connectivity index is 0.00000264. The lowest BCUT2D eigenvalue weighted by atomic mass is 10.3. The zero-order valence-electron chi connectivity index (χ0n) is 13.9. The number of halogens is 1. The predicted molar refractivity (Wildman–Crippen MR) is 110 cm³/mol. The van der Waals surface area contributed by atoms with Crippen molar-refractivity contribution >= 4 is 47.4 Å². The number of thioether (sulfide) groups is 1. The Hall–Kier alpha value is -0.830. The van der Waals surface area contributed by atoms with E-state index in [1.54, 1.807) is 0 Å². The summed E-state index contributed by atoms with van der Waals surface area (Å²) in [6.07, 6.45) is 3.01. The predicted octanol–water partition coefficient (Wildman–Crippen LogP) is 3.59. The molecule has 0 radical (unpaired) electrons. The summed E-state index contributed by atoms with van der Waals surface area (Å²) < 4.78 is 11.4. The van der Waals surface area contributed by atoms with E-state index in [9.17, 15) is 0 Å². The molecule has 1 atom stereocenters. The largest absolute Gasteiger partial charge is 0.490 e. The van der Waals surface area contributed by atoms with Crippen molar-refractivity contribution in [2.45, 2.75) is 25.5 Å². The van der Waals surface area contributed by atoms with Crippen molar-refractivity contribution in [3.05, 3.63) is 18.2 Å². The first-order valence-electron chi connectivity index (χ1n) is 7.70. The van der Waals surface area contributed by atoms with Gasteiger partial charge in [-0.3, -0.25) is 4.99 Å². The summed E-state index contributed by atoms with van der Waals surface area (Å²) in [5.41, 5.74) is 0.945. The first-order valence-corrected chi connectivity index (χ1v) is 8.99. The summed E-state index contributed by atoms with van der Waals surface area (Å²) in [6.45, 7) is 7.23. The lowest BCUT2D eigenvalue weighted by Crippen LogP contribution is -2.31. The number of nitrogens with one attached hydrogen (secondary N) is 2. The fourth-order valence-electron chi connectivity index (χ4n) is 1.98. The van der Waals surface area contributed by atoms with E-state index in [1.165, 1.54) is 0 Å². The highest BCUT2D eigenvalue weighted by molar-refractivity contribution is 14.0. The van der Waals surface area contributed by atoms with Gasteiger partial charge in [-0.05, 0) is 25.3 Å². The van der Waals surface area contributed by atoms with Crippen LogP contribution in [0.1, 0.15) is 20.3 Å². The third kappa shape index (κ3) is 6.66. The number of benzene rings is 1. The highest BCUT2D eigenvalue weighted by Gasteiger charge is 2.11. The van der Waals surface area contributed by atoms with E-state index < -0.39 is 0 Å². The summed E-state index contributed by atoms with van der Waals surface area (Å²) in [7, 11) is 0. The second kappa shape index (κ2) is 10.9. The fraction of sp³-hybridized carbons (Fsp3) is 0.562. The molecule has 23 heavy (non-hydrogen) atoms. The molecular formula is C16H26IN3O2S. The molecule has 7 heteroatoms. The Labute approximate surface area is 160 Å². The molecule has 0 fully saturated rings. The number of aliphatic imine (C=N–C) groups is 1. The molecule has 1 aromatic carbocycles. The van der Waals surface area contributed by atoms with Crippen molar-refractivity contribution in [1.82, 2.24) is 5.32 Å². The van der Waals surface area contributed by atoms with Gasteiger partial charge >= 0.3 is 0 Å². The molecule has 1 aromatic rings. The van der Waals surface area contributed by atoms with Gasteiger partial charge < -0.3 is 20.1 Å². The highest BCUT2D eigenvalue weighted by atomic mass is 127. The van der Waals surface area contributed by atoms with E-state index in [0.29, 0.717) is 18.5 Å². The normalized spacial score (nSPS) is 15.2. The molecular weight excluding hydrogens is 425 g/mol. The van der Waals surface area contributed by atoms with E-state index in [4.69, 9.17) is 9.47 Å². The van der Waals surface area contributed by atoms with Gasteiger partial charge in [0.1, 0.15) is 0 Å². The van der Waals surface area contributed by atoms with Crippen LogP contribution in [0.25, 0.3) is 0 Å². The molecule has 1 heterocycles. The molecule has 0 aliphatic carbocycles. The minimum Gasteiger partial charge on any atom is -0.490 e. The van der Waals surface area contributed by atoms with Gasteiger partial charge in [0.15, 0.2) is 17.5 Å². The van der Waals surface area contributed by atoms with Gasteiger partial charge in [-0.25, -0.2) is 0 Å².